The second-order valence-corrected chi connectivity index (χ2v) is 9.26. The van der Waals surface area contributed by atoms with Crippen LogP contribution in [0.1, 0.15) is 65.0 Å². The maximum absolute atomic E-state index is 13.3. The van der Waals surface area contributed by atoms with Crippen molar-refractivity contribution in [3.8, 4) is 0 Å². The number of ketones is 2. The monoisotopic (exact) mass is 484 g/mol. The first-order valence-electron chi connectivity index (χ1n) is 10.3. The molecule has 0 fully saturated rings. The fourth-order valence-electron chi connectivity index (χ4n) is 3.19. The van der Waals surface area contributed by atoms with Gasteiger partial charge in [-0.15, -0.1) is 22.7 Å². The Bertz CT molecular complexity index is 1180. The van der Waals surface area contributed by atoms with Crippen molar-refractivity contribution in [2.45, 2.75) is 33.9 Å². The molecule has 0 aliphatic heterocycles. The first kappa shape index (κ1) is 24.3. The van der Waals surface area contributed by atoms with Crippen LogP contribution in [-0.2, 0) is 4.74 Å². The SMILES string of the molecule is CCOC(=O)c1c(NC(NC(=O)c2cccs2)C(=O)c2ccc(C)cc2)sc(C(C)=O)c1C. The van der Waals surface area contributed by atoms with Gasteiger partial charge in [-0.1, -0.05) is 35.9 Å². The normalized spacial score (nSPS) is 11.5. The molecule has 1 aromatic carbocycles. The largest absolute Gasteiger partial charge is 0.462 e. The van der Waals surface area contributed by atoms with Crippen LogP contribution >= 0.6 is 22.7 Å². The summed E-state index contributed by atoms with van der Waals surface area (Å²) in [6.07, 6.45) is -1.17. The number of Topliss-reactive ketones (excluding diaryl/α,β-unsaturated/α-hetero) is 2. The van der Waals surface area contributed by atoms with Gasteiger partial charge >= 0.3 is 5.97 Å². The number of rotatable bonds is 9. The van der Waals surface area contributed by atoms with E-state index in [1.54, 1.807) is 55.6 Å². The molecular weight excluding hydrogens is 460 g/mol. The van der Waals surface area contributed by atoms with Gasteiger partial charge in [-0.05, 0) is 44.7 Å². The summed E-state index contributed by atoms with van der Waals surface area (Å²) in [6.45, 7) is 6.82. The number of thiophene rings is 2. The fraction of sp³-hybridized carbons (Fsp3) is 0.250. The van der Waals surface area contributed by atoms with Crippen molar-refractivity contribution in [2.75, 3.05) is 11.9 Å². The van der Waals surface area contributed by atoms with Gasteiger partial charge < -0.3 is 15.4 Å². The Morgan fingerprint density at radius 3 is 2.33 bits per heavy atom. The van der Waals surface area contributed by atoms with Crippen molar-refractivity contribution in [1.82, 2.24) is 5.32 Å². The number of nitrogens with one attached hydrogen (secondary N) is 2. The molecule has 0 bridgehead atoms. The maximum Gasteiger partial charge on any atom is 0.341 e. The lowest BCUT2D eigenvalue weighted by atomic mass is 10.1. The molecule has 0 spiro atoms. The van der Waals surface area contributed by atoms with E-state index in [4.69, 9.17) is 4.74 Å². The van der Waals surface area contributed by atoms with Crippen molar-refractivity contribution in [2.24, 2.45) is 0 Å². The van der Waals surface area contributed by atoms with E-state index in [1.165, 1.54) is 18.3 Å². The van der Waals surface area contributed by atoms with Gasteiger partial charge in [0.15, 0.2) is 11.9 Å². The summed E-state index contributed by atoms with van der Waals surface area (Å²) in [4.78, 5) is 51.7. The summed E-state index contributed by atoms with van der Waals surface area (Å²) in [5.41, 5.74) is 2.03. The molecule has 0 saturated carbocycles. The van der Waals surface area contributed by atoms with E-state index in [1.807, 2.05) is 6.92 Å². The number of hydrogen-bond acceptors (Lipinski definition) is 8. The minimum atomic E-state index is -1.17. The minimum absolute atomic E-state index is 0.157. The summed E-state index contributed by atoms with van der Waals surface area (Å²) < 4.78 is 5.17. The molecule has 1 atom stereocenters. The van der Waals surface area contributed by atoms with E-state index >= 15 is 0 Å². The molecule has 2 N–H and O–H groups in total. The Balaban J connectivity index is 2.02. The third-order valence-corrected chi connectivity index (χ3v) is 7.03. The first-order chi connectivity index (χ1) is 15.7. The molecule has 1 amide bonds. The molecule has 0 radical (unpaired) electrons. The van der Waals surface area contributed by atoms with Crippen LogP contribution in [-0.4, -0.2) is 36.2 Å². The van der Waals surface area contributed by atoms with Crippen molar-refractivity contribution in [1.29, 1.82) is 0 Å². The number of carbonyl (C=O) groups is 4. The van der Waals surface area contributed by atoms with E-state index < -0.39 is 18.0 Å². The summed E-state index contributed by atoms with van der Waals surface area (Å²) in [7, 11) is 0. The van der Waals surface area contributed by atoms with Crippen LogP contribution in [0.25, 0.3) is 0 Å². The van der Waals surface area contributed by atoms with Gasteiger partial charge in [0.2, 0.25) is 5.78 Å². The highest BCUT2D eigenvalue weighted by atomic mass is 32.1. The molecule has 0 aliphatic carbocycles. The third-order valence-electron chi connectivity index (χ3n) is 4.84. The number of benzene rings is 1. The predicted octanol–water partition coefficient (Wildman–Crippen LogP) is 4.86. The average Bonchev–Trinajstić information content (AvgIpc) is 3.42. The summed E-state index contributed by atoms with van der Waals surface area (Å²) in [5, 5.41) is 7.76. The Morgan fingerprint density at radius 2 is 1.76 bits per heavy atom. The van der Waals surface area contributed by atoms with Gasteiger partial charge in [-0.25, -0.2) is 4.79 Å². The summed E-state index contributed by atoms with van der Waals surface area (Å²) in [6, 6.07) is 10.4. The molecule has 0 aliphatic rings. The van der Waals surface area contributed by atoms with E-state index in [0.29, 0.717) is 20.9 Å². The van der Waals surface area contributed by atoms with Gasteiger partial charge in [-0.3, -0.25) is 14.4 Å². The molecule has 1 unspecified atom stereocenters. The third kappa shape index (κ3) is 5.55. The van der Waals surface area contributed by atoms with E-state index in [0.717, 1.165) is 16.9 Å². The molecule has 3 aromatic rings. The van der Waals surface area contributed by atoms with Crippen molar-refractivity contribution < 1.29 is 23.9 Å². The van der Waals surface area contributed by atoms with Crippen LogP contribution in [0.5, 0.6) is 0 Å². The van der Waals surface area contributed by atoms with Crippen LogP contribution in [0.15, 0.2) is 41.8 Å². The molecule has 172 valence electrons. The molecule has 2 aromatic heterocycles. The fourth-order valence-corrected chi connectivity index (χ4v) is 4.94. The quantitative estimate of drug-likeness (QED) is 0.256. The Labute approximate surface area is 199 Å². The van der Waals surface area contributed by atoms with E-state index in [2.05, 4.69) is 10.6 Å². The molecule has 7 nitrogen and oxygen atoms in total. The Morgan fingerprint density at radius 1 is 1.06 bits per heavy atom. The molecule has 9 heteroatoms. The molecular formula is C24H24N2O5S2. The molecule has 0 saturated heterocycles. The predicted molar refractivity (Wildman–Crippen MR) is 130 cm³/mol. The zero-order valence-corrected chi connectivity index (χ0v) is 20.3. The van der Waals surface area contributed by atoms with Crippen LogP contribution in [0.2, 0.25) is 0 Å². The second kappa shape index (κ2) is 10.5. The second-order valence-electron chi connectivity index (χ2n) is 7.30. The number of ether oxygens (including phenoxy) is 1. The van der Waals surface area contributed by atoms with E-state index in [-0.39, 0.29) is 28.7 Å². The van der Waals surface area contributed by atoms with Crippen LogP contribution in [0.3, 0.4) is 0 Å². The molecule has 33 heavy (non-hydrogen) atoms. The van der Waals surface area contributed by atoms with Crippen LogP contribution < -0.4 is 10.6 Å². The average molecular weight is 485 g/mol. The number of esters is 1. The van der Waals surface area contributed by atoms with Crippen molar-refractivity contribution in [3.63, 3.8) is 0 Å². The van der Waals surface area contributed by atoms with Crippen molar-refractivity contribution in [3.05, 3.63) is 73.8 Å². The maximum atomic E-state index is 13.3. The first-order valence-corrected chi connectivity index (χ1v) is 12.0. The van der Waals surface area contributed by atoms with Gasteiger partial charge in [0, 0.05) is 5.56 Å². The number of amides is 1. The number of anilines is 1. The molecule has 2 heterocycles. The highest BCUT2D eigenvalue weighted by Crippen LogP contribution is 2.34. The van der Waals surface area contributed by atoms with Crippen LogP contribution in [0.4, 0.5) is 5.00 Å². The lowest BCUT2D eigenvalue weighted by molar-refractivity contribution is 0.0526. The zero-order chi connectivity index (χ0) is 24.1. The summed E-state index contributed by atoms with van der Waals surface area (Å²) in [5.74, 6) is -1.63. The number of aryl methyl sites for hydroxylation is 1. The minimum Gasteiger partial charge on any atom is -0.462 e. The zero-order valence-electron chi connectivity index (χ0n) is 18.7. The van der Waals surface area contributed by atoms with Crippen molar-refractivity contribution >= 4 is 51.1 Å². The smallest absolute Gasteiger partial charge is 0.341 e. The lowest BCUT2D eigenvalue weighted by Gasteiger charge is -2.20. The summed E-state index contributed by atoms with van der Waals surface area (Å²) >= 11 is 2.30. The number of hydrogen-bond donors (Lipinski definition) is 2. The van der Waals surface area contributed by atoms with Gasteiger partial charge in [0.05, 0.1) is 21.9 Å². The Kier molecular flexibility index (Phi) is 7.78. The van der Waals surface area contributed by atoms with Crippen LogP contribution in [0, 0.1) is 13.8 Å². The number of carbonyl (C=O) groups excluding carboxylic acids is 4. The highest BCUT2D eigenvalue weighted by Gasteiger charge is 2.29. The van der Waals surface area contributed by atoms with Gasteiger partial charge in [-0.2, -0.15) is 0 Å². The van der Waals surface area contributed by atoms with E-state index in [9.17, 15) is 19.2 Å². The molecule has 3 rings (SSSR count). The highest BCUT2D eigenvalue weighted by molar-refractivity contribution is 7.18. The topological polar surface area (TPSA) is 102 Å². The van der Waals surface area contributed by atoms with Gasteiger partial charge in [0.25, 0.3) is 5.91 Å². The lowest BCUT2D eigenvalue weighted by Crippen LogP contribution is -2.46. The van der Waals surface area contributed by atoms with Gasteiger partial charge in [0.1, 0.15) is 5.00 Å². The standard InChI is InChI=1S/C24H24N2O5S2/c1-5-31-24(30)18-14(3)20(15(4)27)33-23(18)26-21(25-22(29)17-7-6-12-32-17)19(28)16-10-8-13(2)9-11-16/h6-12,21,26H,5H2,1-4H3,(H,25,29). The Hall–Kier alpha value is -3.30.